The van der Waals surface area contributed by atoms with E-state index in [4.69, 9.17) is 4.74 Å². The number of likely N-dealkylation sites (tertiary alicyclic amines) is 1. The van der Waals surface area contributed by atoms with E-state index in [1.54, 1.807) is 0 Å². The van der Waals surface area contributed by atoms with Crippen LogP contribution in [0.2, 0.25) is 0 Å². The molecular weight excluding hydrogens is 382 g/mol. The molecule has 0 radical (unpaired) electrons. The second-order valence-electron chi connectivity index (χ2n) is 8.41. The van der Waals surface area contributed by atoms with Gasteiger partial charge < -0.3 is 9.84 Å². The van der Waals surface area contributed by atoms with E-state index >= 15 is 0 Å². The Hall–Kier alpha value is -2.46. The highest BCUT2D eigenvalue weighted by molar-refractivity contribution is 5.30. The fourth-order valence-corrected chi connectivity index (χ4v) is 4.61. The van der Waals surface area contributed by atoms with Crippen molar-refractivity contribution in [2.45, 2.75) is 43.9 Å². The third-order valence-electron chi connectivity index (χ3n) is 6.27. The molecule has 1 aliphatic heterocycles. The van der Waals surface area contributed by atoms with Crippen molar-refractivity contribution in [3.8, 4) is 0 Å². The molecule has 3 heteroatoms. The molecule has 1 fully saturated rings. The average Bonchev–Trinajstić information content (AvgIpc) is 2.86. The van der Waals surface area contributed by atoms with Crippen LogP contribution in [-0.2, 0) is 10.5 Å². The summed E-state index contributed by atoms with van der Waals surface area (Å²) in [5.41, 5.74) is 2.37. The van der Waals surface area contributed by atoms with Gasteiger partial charge in [-0.25, -0.2) is 0 Å². The lowest BCUT2D eigenvalue weighted by Gasteiger charge is -2.42. The Labute approximate surface area is 186 Å². The van der Waals surface area contributed by atoms with Crippen LogP contribution in [-0.4, -0.2) is 29.7 Å². The molecule has 1 atom stereocenters. The maximum absolute atomic E-state index is 11.8. The van der Waals surface area contributed by atoms with Crippen molar-refractivity contribution in [1.82, 2.24) is 4.90 Å². The molecule has 3 nitrogen and oxygen atoms in total. The Balaban J connectivity index is 1.45. The maximum atomic E-state index is 11.8. The number of rotatable bonds is 9. The molecule has 4 rings (SSSR count). The highest BCUT2D eigenvalue weighted by atomic mass is 16.5. The van der Waals surface area contributed by atoms with Gasteiger partial charge in [0.15, 0.2) is 0 Å². The number of piperidine rings is 1. The molecule has 3 aromatic carbocycles. The molecule has 1 unspecified atom stereocenters. The fourth-order valence-electron chi connectivity index (χ4n) is 4.61. The van der Waals surface area contributed by atoms with Gasteiger partial charge in [0.2, 0.25) is 0 Å². The van der Waals surface area contributed by atoms with Gasteiger partial charge in [-0.05, 0) is 42.4 Å². The van der Waals surface area contributed by atoms with Gasteiger partial charge in [0.25, 0.3) is 0 Å². The third kappa shape index (κ3) is 5.43. The van der Waals surface area contributed by atoms with Crippen LogP contribution in [0.1, 0.15) is 54.9 Å². The van der Waals surface area contributed by atoms with Crippen molar-refractivity contribution < 1.29 is 9.84 Å². The molecule has 0 saturated carbocycles. The summed E-state index contributed by atoms with van der Waals surface area (Å²) in [6.07, 6.45) is 4.90. The van der Waals surface area contributed by atoms with Crippen molar-refractivity contribution >= 4 is 0 Å². The molecule has 0 aromatic heterocycles. The highest BCUT2D eigenvalue weighted by Gasteiger charge is 2.36. The maximum Gasteiger partial charge on any atom is 0.144 e. The average molecular weight is 416 g/mol. The topological polar surface area (TPSA) is 32.7 Å². The quantitative estimate of drug-likeness (QED) is 0.441. The van der Waals surface area contributed by atoms with Gasteiger partial charge in [0, 0.05) is 19.7 Å². The Morgan fingerprint density at radius 1 is 0.742 bits per heavy atom. The first-order valence-corrected chi connectivity index (χ1v) is 11.5. The van der Waals surface area contributed by atoms with Gasteiger partial charge >= 0.3 is 0 Å². The minimum Gasteiger partial charge on any atom is -0.371 e. The van der Waals surface area contributed by atoms with Crippen LogP contribution in [0, 0.1) is 0 Å². The second kappa shape index (κ2) is 10.7. The van der Waals surface area contributed by atoms with E-state index in [1.807, 2.05) is 42.5 Å². The van der Waals surface area contributed by atoms with E-state index in [1.165, 1.54) is 6.42 Å². The molecule has 1 aliphatic rings. The summed E-state index contributed by atoms with van der Waals surface area (Å²) in [6.45, 7) is 2.49. The normalized spacial score (nSPS) is 16.8. The minimum absolute atomic E-state index is 0.0952. The SMILES string of the molecule is OC(CCCOC(c1ccccc1)c1ccccc1)(c1ccccc1)N1CCCCC1. The number of nitrogens with zero attached hydrogens (tertiary/aromatic N) is 1. The predicted octanol–water partition coefficient (Wildman–Crippen LogP) is 5.90. The molecule has 162 valence electrons. The summed E-state index contributed by atoms with van der Waals surface area (Å²) in [5, 5.41) is 11.8. The first-order valence-electron chi connectivity index (χ1n) is 11.5. The first-order chi connectivity index (χ1) is 15.3. The molecule has 0 aliphatic carbocycles. The summed E-state index contributed by atoms with van der Waals surface area (Å²) >= 11 is 0. The van der Waals surface area contributed by atoms with Gasteiger partial charge in [-0.2, -0.15) is 0 Å². The number of ether oxygens (including phenoxy) is 1. The molecule has 1 saturated heterocycles. The summed E-state index contributed by atoms with van der Waals surface area (Å²) in [4.78, 5) is 2.26. The van der Waals surface area contributed by atoms with Gasteiger partial charge in [-0.3, -0.25) is 4.90 Å². The van der Waals surface area contributed by atoms with E-state index in [2.05, 4.69) is 53.4 Å². The number of hydrogen-bond acceptors (Lipinski definition) is 3. The van der Waals surface area contributed by atoms with Gasteiger partial charge in [-0.1, -0.05) is 97.4 Å². The third-order valence-corrected chi connectivity index (χ3v) is 6.27. The van der Waals surface area contributed by atoms with Crippen molar-refractivity contribution in [3.05, 3.63) is 108 Å². The molecule has 0 bridgehead atoms. The molecule has 31 heavy (non-hydrogen) atoms. The Bertz CT molecular complexity index is 855. The van der Waals surface area contributed by atoms with Crippen molar-refractivity contribution in [1.29, 1.82) is 0 Å². The van der Waals surface area contributed by atoms with E-state index in [0.29, 0.717) is 13.0 Å². The van der Waals surface area contributed by atoms with E-state index < -0.39 is 5.72 Å². The number of benzene rings is 3. The Morgan fingerprint density at radius 2 is 1.26 bits per heavy atom. The van der Waals surface area contributed by atoms with Crippen LogP contribution < -0.4 is 0 Å². The molecule has 1 heterocycles. The lowest BCUT2D eigenvalue weighted by molar-refractivity contribution is -0.133. The summed E-state index contributed by atoms with van der Waals surface area (Å²) in [5.74, 6) is 0. The summed E-state index contributed by atoms with van der Waals surface area (Å²) in [6, 6.07) is 30.9. The lowest BCUT2D eigenvalue weighted by atomic mass is 9.93. The smallest absolute Gasteiger partial charge is 0.144 e. The minimum atomic E-state index is -0.931. The standard InChI is InChI=1S/C28H33NO2/c30-28(26-18-9-3-10-19-26,29-21-11-4-12-22-29)20-13-23-31-27(24-14-5-1-6-15-24)25-16-7-2-8-17-25/h1-3,5-10,14-19,27,30H,4,11-13,20-23H2. The second-order valence-corrected chi connectivity index (χ2v) is 8.41. The molecule has 1 N–H and O–H groups in total. The van der Waals surface area contributed by atoms with Crippen molar-refractivity contribution in [3.63, 3.8) is 0 Å². The summed E-state index contributed by atoms with van der Waals surface area (Å²) in [7, 11) is 0. The fraction of sp³-hybridized carbons (Fsp3) is 0.357. The number of hydrogen-bond donors (Lipinski definition) is 1. The van der Waals surface area contributed by atoms with Crippen LogP contribution >= 0.6 is 0 Å². The Kier molecular flexibility index (Phi) is 7.52. The lowest BCUT2D eigenvalue weighted by Crippen LogP contribution is -2.48. The van der Waals surface area contributed by atoms with Crippen LogP contribution in [0.3, 0.4) is 0 Å². The van der Waals surface area contributed by atoms with Crippen molar-refractivity contribution in [2.24, 2.45) is 0 Å². The van der Waals surface area contributed by atoms with Gasteiger partial charge in [0.05, 0.1) is 0 Å². The van der Waals surface area contributed by atoms with Gasteiger partial charge in [-0.15, -0.1) is 0 Å². The molecule has 0 spiro atoms. The molecule has 0 amide bonds. The van der Waals surface area contributed by atoms with E-state index in [-0.39, 0.29) is 6.10 Å². The van der Waals surface area contributed by atoms with Crippen LogP contribution in [0.25, 0.3) is 0 Å². The zero-order chi connectivity index (χ0) is 21.4. The monoisotopic (exact) mass is 415 g/mol. The Morgan fingerprint density at radius 3 is 1.81 bits per heavy atom. The largest absolute Gasteiger partial charge is 0.371 e. The zero-order valence-corrected chi connectivity index (χ0v) is 18.2. The van der Waals surface area contributed by atoms with Crippen LogP contribution in [0.4, 0.5) is 0 Å². The van der Waals surface area contributed by atoms with Crippen LogP contribution in [0.5, 0.6) is 0 Å². The zero-order valence-electron chi connectivity index (χ0n) is 18.2. The molecule has 3 aromatic rings. The number of aliphatic hydroxyl groups is 1. The van der Waals surface area contributed by atoms with Crippen molar-refractivity contribution in [2.75, 3.05) is 19.7 Å². The highest BCUT2D eigenvalue weighted by Crippen LogP contribution is 2.34. The predicted molar refractivity (Wildman–Crippen MR) is 126 cm³/mol. The summed E-state index contributed by atoms with van der Waals surface area (Å²) < 4.78 is 6.40. The van der Waals surface area contributed by atoms with E-state index in [0.717, 1.165) is 49.0 Å². The molecular formula is C28H33NO2. The van der Waals surface area contributed by atoms with E-state index in [9.17, 15) is 5.11 Å². The van der Waals surface area contributed by atoms with Crippen LogP contribution in [0.15, 0.2) is 91.0 Å². The first kappa shape index (κ1) is 21.8. The van der Waals surface area contributed by atoms with Gasteiger partial charge in [0.1, 0.15) is 11.8 Å².